The first-order valence-electron chi connectivity index (χ1n) is 10.6. The molecule has 1 aliphatic rings. The molecule has 0 aromatic carbocycles. The molecule has 1 fully saturated rings. The average molecular weight is 418 g/mol. The van der Waals surface area contributed by atoms with Crippen molar-refractivity contribution in [3.63, 3.8) is 0 Å². The second kappa shape index (κ2) is 8.81. The molecule has 1 unspecified atom stereocenters. The minimum Gasteiger partial charge on any atom is -0.354 e. The van der Waals surface area contributed by atoms with Gasteiger partial charge in [-0.3, -0.25) is 24.5 Å². The van der Waals surface area contributed by atoms with Gasteiger partial charge in [-0.05, 0) is 49.1 Å². The van der Waals surface area contributed by atoms with Crippen molar-refractivity contribution >= 4 is 23.0 Å². The van der Waals surface area contributed by atoms with Crippen LogP contribution in [0, 0.1) is 0 Å². The van der Waals surface area contributed by atoms with Crippen LogP contribution in [0.1, 0.15) is 47.4 Å². The molecule has 4 heterocycles. The number of carbonyl (C=O) groups excluding carboxylic acids is 1. The molecule has 1 atom stereocenters. The lowest BCUT2D eigenvalue weighted by Crippen LogP contribution is -2.26. The number of nitrogens with one attached hydrogen (secondary N) is 2. The van der Waals surface area contributed by atoms with Gasteiger partial charge in [-0.2, -0.15) is 0 Å². The summed E-state index contributed by atoms with van der Waals surface area (Å²) in [6.45, 7) is 5.82. The maximum Gasteiger partial charge on any atom is 0.269 e. The number of fused-ring (bicyclic) bond motifs is 1. The van der Waals surface area contributed by atoms with Gasteiger partial charge in [0.15, 0.2) is 0 Å². The topological polar surface area (TPSA) is 91.0 Å². The quantitative estimate of drug-likeness (QED) is 0.666. The van der Waals surface area contributed by atoms with Crippen LogP contribution in [0.25, 0.3) is 17.1 Å². The molecule has 7 heteroatoms. The van der Waals surface area contributed by atoms with Gasteiger partial charge in [0, 0.05) is 44.1 Å². The first kappa shape index (κ1) is 20.9. The summed E-state index contributed by atoms with van der Waals surface area (Å²) in [5.74, 6) is -0.184. The Morgan fingerprint density at radius 2 is 2.13 bits per heavy atom. The van der Waals surface area contributed by atoms with Crippen molar-refractivity contribution in [2.24, 2.45) is 0 Å². The minimum absolute atomic E-state index is 0.0373. The summed E-state index contributed by atoms with van der Waals surface area (Å²) in [5.41, 5.74) is 6.15. The zero-order valence-electron chi connectivity index (χ0n) is 18.1. The minimum atomic E-state index is -0.184. The fraction of sp³-hybridized carbons (Fsp3) is 0.333. The Morgan fingerprint density at radius 3 is 2.84 bits per heavy atom. The second-order valence-electron chi connectivity index (χ2n) is 8.07. The van der Waals surface area contributed by atoms with Gasteiger partial charge in [-0.15, -0.1) is 0 Å². The van der Waals surface area contributed by atoms with Gasteiger partial charge in [0.25, 0.3) is 11.5 Å². The maximum atomic E-state index is 12.1. The summed E-state index contributed by atoms with van der Waals surface area (Å²) in [7, 11) is 1.60. The van der Waals surface area contributed by atoms with Crippen molar-refractivity contribution in [2.45, 2.75) is 39.3 Å². The van der Waals surface area contributed by atoms with Crippen LogP contribution in [0.5, 0.6) is 0 Å². The first-order valence-corrected chi connectivity index (χ1v) is 10.6. The van der Waals surface area contributed by atoms with Crippen molar-refractivity contribution < 1.29 is 4.79 Å². The van der Waals surface area contributed by atoms with E-state index in [1.807, 2.05) is 31.3 Å². The number of likely N-dealkylation sites (tertiary alicyclic amines) is 1. The molecule has 0 aliphatic carbocycles. The number of H-pyrrole nitrogens is 1. The molecule has 1 saturated heterocycles. The van der Waals surface area contributed by atoms with E-state index >= 15 is 0 Å². The molecule has 1 amide bonds. The van der Waals surface area contributed by atoms with Gasteiger partial charge in [0.2, 0.25) is 0 Å². The molecule has 0 saturated carbocycles. The van der Waals surface area contributed by atoms with Gasteiger partial charge >= 0.3 is 0 Å². The van der Waals surface area contributed by atoms with E-state index in [1.165, 1.54) is 5.57 Å². The summed E-state index contributed by atoms with van der Waals surface area (Å²) >= 11 is 0. The van der Waals surface area contributed by atoms with E-state index in [0.717, 1.165) is 47.2 Å². The first-order chi connectivity index (χ1) is 15.0. The fourth-order valence-electron chi connectivity index (χ4n) is 4.05. The highest BCUT2D eigenvalue weighted by molar-refractivity contribution is 5.92. The van der Waals surface area contributed by atoms with Crippen LogP contribution in [0.3, 0.4) is 0 Å². The molecule has 0 spiro atoms. The van der Waals surface area contributed by atoms with E-state index in [0.29, 0.717) is 18.2 Å². The molecule has 31 heavy (non-hydrogen) atoms. The number of amides is 1. The van der Waals surface area contributed by atoms with Crippen molar-refractivity contribution in [3.8, 4) is 0 Å². The van der Waals surface area contributed by atoms with E-state index in [-0.39, 0.29) is 11.5 Å². The fourth-order valence-corrected chi connectivity index (χ4v) is 4.05. The highest BCUT2D eigenvalue weighted by Gasteiger charge is 2.24. The number of aromatic amines is 1. The summed E-state index contributed by atoms with van der Waals surface area (Å²) < 4.78 is 0. The van der Waals surface area contributed by atoms with Crippen molar-refractivity contribution in [1.29, 1.82) is 0 Å². The van der Waals surface area contributed by atoms with Crippen molar-refractivity contribution in [1.82, 2.24) is 25.2 Å². The van der Waals surface area contributed by atoms with E-state index < -0.39 is 0 Å². The summed E-state index contributed by atoms with van der Waals surface area (Å²) in [6, 6.07) is 7.97. The van der Waals surface area contributed by atoms with Crippen LogP contribution < -0.4 is 10.9 Å². The van der Waals surface area contributed by atoms with Crippen molar-refractivity contribution in [3.05, 3.63) is 75.0 Å². The van der Waals surface area contributed by atoms with E-state index in [9.17, 15) is 9.59 Å². The molecule has 3 aromatic rings. The lowest BCUT2D eigenvalue weighted by Gasteiger charge is -2.20. The molecular formula is C24H27N5O2. The van der Waals surface area contributed by atoms with E-state index in [2.05, 4.69) is 38.2 Å². The predicted octanol–water partition coefficient (Wildman–Crippen LogP) is 2.92. The van der Waals surface area contributed by atoms with Gasteiger partial charge in [-0.1, -0.05) is 24.6 Å². The Morgan fingerprint density at radius 1 is 1.29 bits per heavy atom. The average Bonchev–Trinajstić information content (AvgIpc) is 3.11. The van der Waals surface area contributed by atoms with Crippen molar-refractivity contribution in [2.75, 3.05) is 13.6 Å². The van der Waals surface area contributed by atoms with Crippen LogP contribution in [0.15, 0.2) is 47.0 Å². The van der Waals surface area contributed by atoms with E-state index in [4.69, 9.17) is 0 Å². The number of hydrogen-bond acceptors (Lipinski definition) is 5. The second-order valence-corrected chi connectivity index (χ2v) is 8.07. The molecule has 160 valence electrons. The van der Waals surface area contributed by atoms with Gasteiger partial charge in [0.1, 0.15) is 5.69 Å². The highest BCUT2D eigenvalue weighted by atomic mass is 16.1. The molecule has 1 aliphatic heterocycles. The standard InChI is InChI=1S/C24H27N5O2/c1-4-19-10-21-22(28-23(19)30)9-18(12-27-21)14-29-13-17(7-15(29)2)8-16-5-6-20(26-11-16)24(31)25-3/h5-6,8-12,15H,4,7,13-14H2,1-3H3,(H,25,31)(H,28,30)/b17-8+. The molecule has 2 N–H and O–H groups in total. The predicted molar refractivity (Wildman–Crippen MR) is 122 cm³/mol. The molecular weight excluding hydrogens is 390 g/mol. The normalized spacial score (nSPS) is 18.0. The zero-order valence-corrected chi connectivity index (χ0v) is 18.1. The summed E-state index contributed by atoms with van der Waals surface area (Å²) in [6.07, 6.45) is 7.46. The van der Waals surface area contributed by atoms with Crippen LogP contribution in [0.2, 0.25) is 0 Å². The van der Waals surface area contributed by atoms with Crippen LogP contribution in [0.4, 0.5) is 0 Å². The number of hydrogen-bond donors (Lipinski definition) is 2. The third kappa shape index (κ3) is 4.56. The number of aromatic nitrogens is 3. The molecule has 7 nitrogen and oxygen atoms in total. The third-order valence-electron chi connectivity index (χ3n) is 5.80. The molecule has 3 aromatic heterocycles. The zero-order chi connectivity index (χ0) is 22.0. The summed E-state index contributed by atoms with van der Waals surface area (Å²) in [5, 5.41) is 2.58. The van der Waals surface area contributed by atoms with Crippen LogP contribution in [-0.2, 0) is 13.0 Å². The number of pyridine rings is 3. The summed E-state index contributed by atoms with van der Waals surface area (Å²) in [4.78, 5) is 37.9. The number of carbonyl (C=O) groups is 1. The van der Waals surface area contributed by atoms with Gasteiger partial charge in [-0.25, -0.2) is 0 Å². The third-order valence-corrected chi connectivity index (χ3v) is 5.80. The Balaban J connectivity index is 1.48. The van der Waals surface area contributed by atoms with Crippen LogP contribution in [-0.4, -0.2) is 45.4 Å². The molecule has 0 radical (unpaired) electrons. The Hall–Kier alpha value is -3.32. The van der Waals surface area contributed by atoms with Crippen LogP contribution >= 0.6 is 0 Å². The molecule has 4 rings (SSSR count). The highest BCUT2D eigenvalue weighted by Crippen LogP contribution is 2.26. The monoisotopic (exact) mass is 417 g/mol. The van der Waals surface area contributed by atoms with Gasteiger partial charge in [0.05, 0.1) is 11.0 Å². The number of nitrogens with zero attached hydrogens (tertiary/aromatic N) is 3. The molecule has 0 bridgehead atoms. The number of rotatable bonds is 5. The van der Waals surface area contributed by atoms with E-state index in [1.54, 1.807) is 19.3 Å². The van der Waals surface area contributed by atoms with Gasteiger partial charge < -0.3 is 10.3 Å². The Labute approximate surface area is 181 Å². The Bertz CT molecular complexity index is 1200. The number of aryl methyl sites for hydroxylation is 1. The smallest absolute Gasteiger partial charge is 0.269 e. The largest absolute Gasteiger partial charge is 0.354 e. The Kier molecular flexibility index (Phi) is 5.95. The SMILES string of the molecule is CCc1cc2ncc(CN3C/C(=C/c4ccc(C(=O)NC)nc4)CC3C)cc2[nH]c1=O. The lowest BCUT2D eigenvalue weighted by atomic mass is 10.1. The lowest BCUT2D eigenvalue weighted by molar-refractivity contribution is 0.0958. The maximum absolute atomic E-state index is 12.1.